The number of pyridine rings is 2. The van der Waals surface area contributed by atoms with Gasteiger partial charge in [0.1, 0.15) is 5.15 Å². The van der Waals surface area contributed by atoms with Crippen LogP contribution in [0.3, 0.4) is 0 Å². The molecule has 0 aliphatic heterocycles. The number of hydrogen-bond donors (Lipinski definition) is 1. The number of aryl methyl sites for hydroxylation is 2. The molecule has 2 heterocycles. The van der Waals surface area contributed by atoms with Crippen molar-refractivity contribution in [2.24, 2.45) is 0 Å². The normalized spacial score (nSPS) is 8.61. The number of nitrogens with zero attached hydrogens (tertiary/aromatic N) is 2. The molecule has 0 aliphatic carbocycles. The summed E-state index contributed by atoms with van der Waals surface area (Å²) in [6, 6.07) is 7.24. The van der Waals surface area contributed by atoms with Crippen LogP contribution in [0.15, 0.2) is 30.5 Å². The van der Waals surface area contributed by atoms with Gasteiger partial charge in [0.15, 0.2) is 0 Å². The zero-order chi connectivity index (χ0) is 17.1. The number of rotatable bonds is 1. The van der Waals surface area contributed by atoms with E-state index in [4.69, 9.17) is 39.9 Å². The van der Waals surface area contributed by atoms with Crippen molar-refractivity contribution in [3.05, 3.63) is 57.0 Å². The average Bonchev–Trinajstić information content (AvgIpc) is 2.47. The zero-order valence-electron chi connectivity index (χ0n) is 12.8. The van der Waals surface area contributed by atoms with E-state index in [1.54, 1.807) is 19.2 Å². The number of aromatic nitrogens is 2. The molecule has 8 heteroatoms. The largest absolute Gasteiger partial charge is 0.481 e. The maximum Gasteiger partial charge on any atom is 0.303 e. The summed E-state index contributed by atoms with van der Waals surface area (Å²) in [6.45, 7) is 5.39. The molecule has 0 aromatic carbocycles. The Balaban J connectivity index is 0. The van der Waals surface area contributed by atoms with Gasteiger partial charge in [0.2, 0.25) is 0 Å². The van der Waals surface area contributed by atoms with Crippen molar-refractivity contribution >= 4 is 40.8 Å². The first-order valence-electron chi connectivity index (χ1n) is 6.34. The average molecular weight is 427 g/mol. The molecule has 2 aromatic heterocycles. The minimum Gasteiger partial charge on any atom is -0.481 e. The molecule has 0 spiro atoms. The second-order valence-corrected chi connectivity index (χ2v) is 5.29. The van der Waals surface area contributed by atoms with E-state index in [9.17, 15) is 4.79 Å². The van der Waals surface area contributed by atoms with Crippen molar-refractivity contribution in [2.45, 2.75) is 27.2 Å². The van der Waals surface area contributed by atoms with Crippen molar-refractivity contribution < 1.29 is 27.0 Å². The topological polar surface area (TPSA) is 63.1 Å². The first-order chi connectivity index (χ1) is 10.3. The van der Waals surface area contributed by atoms with E-state index in [1.165, 1.54) is 0 Å². The number of carboxylic acids is 1. The van der Waals surface area contributed by atoms with Crippen molar-refractivity contribution in [2.75, 3.05) is 0 Å². The van der Waals surface area contributed by atoms with Gasteiger partial charge in [-0.3, -0.25) is 9.78 Å². The van der Waals surface area contributed by atoms with Crippen molar-refractivity contribution in [3.63, 3.8) is 0 Å². The molecular formula is C15H17Cl3CuN2O2. The summed E-state index contributed by atoms with van der Waals surface area (Å²) in [6.07, 6.45) is 1.86. The van der Waals surface area contributed by atoms with E-state index in [2.05, 4.69) is 9.97 Å². The Morgan fingerprint density at radius 3 is 1.91 bits per heavy atom. The van der Waals surface area contributed by atoms with E-state index in [0.717, 1.165) is 11.4 Å². The fourth-order valence-electron chi connectivity index (χ4n) is 0.958. The van der Waals surface area contributed by atoms with Crippen LogP contribution in [-0.4, -0.2) is 21.0 Å². The molecule has 0 atom stereocenters. The maximum atomic E-state index is 9.37. The molecule has 2 rings (SSSR count). The summed E-state index contributed by atoms with van der Waals surface area (Å²) >= 11 is 16.7. The number of aliphatic carboxylic acids is 1. The quantitative estimate of drug-likeness (QED) is 0.501. The molecule has 0 amide bonds. The van der Waals surface area contributed by atoms with Gasteiger partial charge < -0.3 is 5.11 Å². The Morgan fingerprint density at radius 2 is 1.61 bits per heavy atom. The summed E-state index contributed by atoms with van der Waals surface area (Å²) in [5.74, 6) is -0.745. The molecule has 0 aliphatic rings. The predicted octanol–water partition coefficient (Wildman–Crippen LogP) is 5.22. The molecule has 0 saturated carbocycles. The van der Waals surface area contributed by atoms with Crippen molar-refractivity contribution in [3.8, 4) is 0 Å². The SMILES string of the molecule is CCC(=O)O.Cc1ccc(Cl)c(Cl)n1.Cc1ccc(Cl)cn1.[Cu]. The van der Waals surface area contributed by atoms with Gasteiger partial charge in [0.05, 0.1) is 10.0 Å². The minimum atomic E-state index is -0.745. The number of carboxylic acid groups (broad SMARTS) is 1. The number of hydrogen-bond acceptors (Lipinski definition) is 3. The van der Waals surface area contributed by atoms with Crippen LogP contribution in [0.2, 0.25) is 15.2 Å². The van der Waals surface area contributed by atoms with Crippen LogP contribution >= 0.6 is 34.8 Å². The van der Waals surface area contributed by atoms with Crippen LogP contribution < -0.4 is 0 Å². The predicted molar refractivity (Wildman–Crippen MR) is 90.9 cm³/mol. The third kappa shape index (κ3) is 13.3. The maximum absolute atomic E-state index is 9.37. The molecular weight excluding hydrogens is 410 g/mol. The van der Waals surface area contributed by atoms with Gasteiger partial charge in [0, 0.05) is 41.1 Å². The summed E-state index contributed by atoms with van der Waals surface area (Å²) < 4.78 is 0. The van der Waals surface area contributed by atoms with Crippen LogP contribution in [0.1, 0.15) is 24.7 Å². The molecule has 1 radical (unpaired) electrons. The van der Waals surface area contributed by atoms with Crippen molar-refractivity contribution in [1.82, 2.24) is 9.97 Å². The van der Waals surface area contributed by atoms with Gasteiger partial charge >= 0.3 is 5.97 Å². The van der Waals surface area contributed by atoms with E-state index in [1.807, 2.05) is 32.0 Å². The Hall–Kier alpha value is -0.841. The van der Waals surface area contributed by atoms with E-state index in [0.29, 0.717) is 15.2 Å². The van der Waals surface area contributed by atoms with E-state index in [-0.39, 0.29) is 23.5 Å². The van der Waals surface area contributed by atoms with Crippen LogP contribution in [0.5, 0.6) is 0 Å². The molecule has 2 aromatic rings. The van der Waals surface area contributed by atoms with E-state index >= 15 is 0 Å². The summed E-state index contributed by atoms with van der Waals surface area (Å²) in [5, 5.41) is 9.29. The molecule has 23 heavy (non-hydrogen) atoms. The molecule has 0 fully saturated rings. The summed E-state index contributed by atoms with van der Waals surface area (Å²) in [4.78, 5) is 17.2. The third-order valence-corrected chi connectivity index (χ3v) is 3.03. The van der Waals surface area contributed by atoms with Crippen LogP contribution in [0.4, 0.5) is 0 Å². The number of carbonyl (C=O) groups is 1. The minimum absolute atomic E-state index is 0. The second-order valence-electron chi connectivity index (χ2n) is 4.09. The zero-order valence-corrected chi connectivity index (χ0v) is 16.0. The fourth-order valence-corrected chi connectivity index (χ4v) is 1.37. The Kier molecular flexibility index (Phi) is 14.4. The van der Waals surface area contributed by atoms with Gasteiger partial charge in [-0.2, -0.15) is 0 Å². The van der Waals surface area contributed by atoms with Gasteiger partial charge in [-0.15, -0.1) is 0 Å². The molecule has 4 nitrogen and oxygen atoms in total. The molecule has 0 saturated heterocycles. The summed E-state index contributed by atoms with van der Waals surface area (Å²) in [5.41, 5.74) is 1.87. The van der Waals surface area contributed by atoms with E-state index < -0.39 is 5.97 Å². The smallest absolute Gasteiger partial charge is 0.303 e. The van der Waals surface area contributed by atoms with Gasteiger partial charge in [0.25, 0.3) is 0 Å². The van der Waals surface area contributed by atoms with Crippen LogP contribution in [0.25, 0.3) is 0 Å². The van der Waals surface area contributed by atoms with Crippen LogP contribution in [0, 0.1) is 13.8 Å². The first kappa shape index (κ1) is 24.4. The van der Waals surface area contributed by atoms with Gasteiger partial charge in [-0.25, -0.2) is 4.98 Å². The Bertz CT molecular complexity index is 575. The third-order valence-electron chi connectivity index (χ3n) is 2.12. The Morgan fingerprint density at radius 1 is 1.09 bits per heavy atom. The first-order valence-corrected chi connectivity index (χ1v) is 7.48. The molecule has 0 unspecified atom stereocenters. The molecule has 131 valence electrons. The second kappa shape index (κ2) is 13.6. The molecule has 0 bridgehead atoms. The standard InChI is InChI=1S/C6H5Cl2N.C6H6ClN.C3H6O2.Cu/c1-4-2-3-5(7)6(8)9-4;1-5-2-3-6(7)4-8-5;1-2-3(4)5;/h2-3H,1H3;2-4H,1H3;2H2,1H3,(H,4,5);. The number of halogens is 3. The summed E-state index contributed by atoms with van der Waals surface area (Å²) in [7, 11) is 0. The fraction of sp³-hybridized carbons (Fsp3) is 0.267. The monoisotopic (exact) mass is 425 g/mol. The van der Waals surface area contributed by atoms with Gasteiger partial charge in [-0.05, 0) is 38.1 Å². The van der Waals surface area contributed by atoms with Crippen LogP contribution in [-0.2, 0) is 21.9 Å². The van der Waals surface area contributed by atoms with Gasteiger partial charge in [-0.1, -0.05) is 41.7 Å². The van der Waals surface area contributed by atoms with Crippen molar-refractivity contribution in [1.29, 1.82) is 0 Å². The Labute approximate surface area is 161 Å². The molecule has 1 N–H and O–H groups in total.